The molecule has 0 aromatic heterocycles. The summed E-state index contributed by atoms with van der Waals surface area (Å²) in [5.41, 5.74) is 8.46. The number of hydrogen-bond donors (Lipinski definition) is 3. The molecule has 3 aromatic rings. The maximum Gasteiger partial charge on any atom is 0.249 e. The van der Waals surface area contributed by atoms with Crippen LogP contribution in [0.1, 0.15) is 74.0 Å². The van der Waals surface area contributed by atoms with Crippen molar-refractivity contribution in [3.63, 3.8) is 0 Å². The molecule has 0 heterocycles. The Morgan fingerprint density at radius 2 is 1.46 bits per heavy atom. The van der Waals surface area contributed by atoms with Gasteiger partial charge >= 0.3 is 0 Å². The Morgan fingerprint density at radius 1 is 0.846 bits per heavy atom. The Balaban J connectivity index is 1.11. The first-order valence-corrected chi connectivity index (χ1v) is 14.2. The van der Waals surface area contributed by atoms with Crippen molar-refractivity contribution in [2.75, 3.05) is 11.9 Å². The lowest BCUT2D eigenvalue weighted by Crippen LogP contribution is -2.52. The summed E-state index contributed by atoms with van der Waals surface area (Å²) in [6.07, 6.45) is 7.71. The van der Waals surface area contributed by atoms with E-state index in [0.29, 0.717) is 18.2 Å². The average Bonchev–Trinajstić information content (AvgIpc) is 3.83. The number of nitrogens with one attached hydrogen (secondary N) is 2. The molecule has 39 heavy (non-hydrogen) atoms. The second-order valence-electron chi connectivity index (χ2n) is 11.2. The summed E-state index contributed by atoms with van der Waals surface area (Å²) in [6, 6.07) is 24.0. The number of hydrogen-bond acceptors (Lipinski definition) is 3. The van der Waals surface area contributed by atoms with Crippen LogP contribution in [0.15, 0.2) is 78.9 Å². The van der Waals surface area contributed by atoms with E-state index in [1.807, 2.05) is 66.7 Å². The van der Waals surface area contributed by atoms with E-state index in [9.17, 15) is 14.0 Å². The average molecular weight is 528 g/mol. The van der Waals surface area contributed by atoms with Crippen molar-refractivity contribution in [3.05, 3.63) is 101 Å². The fraction of sp³-hybridized carbons (Fsp3) is 0.394. The van der Waals surface area contributed by atoms with Crippen LogP contribution in [0.3, 0.4) is 0 Å². The highest BCUT2D eigenvalue weighted by molar-refractivity contribution is 5.94. The monoisotopic (exact) mass is 527 g/mol. The van der Waals surface area contributed by atoms with E-state index in [2.05, 4.69) is 10.6 Å². The van der Waals surface area contributed by atoms with Gasteiger partial charge in [0.15, 0.2) is 0 Å². The number of rotatable bonds is 10. The summed E-state index contributed by atoms with van der Waals surface area (Å²) in [5.74, 6) is 0.512. The lowest BCUT2D eigenvalue weighted by atomic mass is 9.77. The van der Waals surface area contributed by atoms with Gasteiger partial charge < -0.3 is 16.4 Å². The molecule has 4 N–H and O–H groups in total. The number of carbonyl (C=O) groups is 2. The zero-order valence-corrected chi connectivity index (χ0v) is 22.4. The molecule has 2 fully saturated rings. The third-order valence-corrected chi connectivity index (χ3v) is 8.39. The fourth-order valence-corrected chi connectivity index (χ4v) is 5.85. The third kappa shape index (κ3) is 6.39. The van der Waals surface area contributed by atoms with Gasteiger partial charge in [0, 0.05) is 18.2 Å². The van der Waals surface area contributed by atoms with Crippen LogP contribution in [-0.2, 0) is 15.1 Å². The van der Waals surface area contributed by atoms with Crippen LogP contribution in [0.4, 0.5) is 10.1 Å². The summed E-state index contributed by atoms with van der Waals surface area (Å²) in [5, 5.41) is 6.03. The molecule has 2 saturated carbocycles. The first-order valence-electron chi connectivity index (χ1n) is 14.2. The Bertz CT molecular complexity index is 1230. The molecule has 2 amide bonds. The maximum absolute atomic E-state index is 14.7. The zero-order valence-electron chi connectivity index (χ0n) is 22.4. The molecule has 0 unspecified atom stereocenters. The lowest BCUT2D eigenvalue weighted by Gasteiger charge is -2.30. The normalized spacial score (nSPS) is 19.3. The highest BCUT2D eigenvalue weighted by atomic mass is 19.1. The first-order chi connectivity index (χ1) is 18.9. The summed E-state index contributed by atoms with van der Waals surface area (Å²) < 4.78 is 14.7. The van der Waals surface area contributed by atoms with Gasteiger partial charge in [-0.05, 0) is 98.1 Å². The van der Waals surface area contributed by atoms with Crippen LogP contribution in [0, 0.1) is 17.7 Å². The smallest absolute Gasteiger partial charge is 0.249 e. The number of carbonyl (C=O) groups excluding carboxylic acids is 2. The summed E-state index contributed by atoms with van der Waals surface area (Å²) in [7, 11) is 0. The molecule has 0 saturated heterocycles. The minimum atomic E-state index is -1.25. The topological polar surface area (TPSA) is 84.2 Å². The van der Waals surface area contributed by atoms with Crippen molar-refractivity contribution < 1.29 is 14.0 Å². The van der Waals surface area contributed by atoms with Crippen molar-refractivity contribution >= 4 is 17.5 Å². The van der Waals surface area contributed by atoms with Gasteiger partial charge in [0.1, 0.15) is 11.4 Å². The number of nitrogens with two attached hydrogens (primary N) is 1. The van der Waals surface area contributed by atoms with Crippen LogP contribution in [0.5, 0.6) is 0 Å². The van der Waals surface area contributed by atoms with Gasteiger partial charge in [-0.15, -0.1) is 0 Å². The largest absolute Gasteiger partial charge is 0.354 e. The first kappa shape index (κ1) is 27.1. The second-order valence-corrected chi connectivity index (χ2v) is 11.2. The number of halogens is 1. The minimum absolute atomic E-state index is 0.0442. The molecular formula is C33H38FN3O2. The van der Waals surface area contributed by atoms with Crippen molar-refractivity contribution in [2.45, 2.75) is 62.8 Å². The molecule has 5 nitrogen and oxygen atoms in total. The Morgan fingerprint density at radius 3 is 2.05 bits per heavy atom. The SMILES string of the molecule is NC(C(=O)NCCCC1CCC(c2cc(NC(=O)C3CC3)ccc2F)CC1)(c1ccccc1)c1ccccc1. The molecule has 6 heteroatoms. The van der Waals surface area contributed by atoms with Crippen molar-refractivity contribution in [1.29, 1.82) is 0 Å². The molecule has 0 bridgehead atoms. The van der Waals surface area contributed by atoms with Crippen molar-refractivity contribution in [2.24, 2.45) is 17.6 Å². The van der Waals surface area contributed by atoms with Crippen molar-refractivity contribution in [1.82, 2.24) is 5.32 Å². The van der Waals surface area contributed by atoms with Gasteiger partial charge in [0.05, 0.1) is 0 Å². The van der Waals surface area contributed by atoms with E-state index >= 15 is 0 Å². The van der Waals surface area contributed by atoms with Gasteiger partial charge in [0.2, 0.25) is 11.8 Å². The predicted molar refractivity (Wildman–Crippen MR) is 153 cm³/mol. The molecule has 3 aromatic carbocycles. The molecule has 204 valence electrons. The van der Waals surface area contributed by atoms with Gasteiger partial charge in [-0.2, -0.15) is 0 Å². The van der Waals surface area contributed by atoms with Gasteiger partial charge in [-0.3, -0.25) is 9.59 Å². The zero-order chi connectivity index (χ0) is 27.2. The Kier molecular flexibility index (Phi) is 8.41. The molecule has 0 spiro atoms. The third-order valence-electron chi connectivity index (χ3n) is 8.39. The summed E-state index contributed by atoms with van der Waals surface area (Å²) in [6.45, 7) is 0.564. The van der Waals surface area contributed by atoms with E-state index in [1.165, 1.54) is 6.07 Å². The van der Waals surface area contributed by atoms with Crippen molar-refractivity contribution in [3.8, 4) is 0 Å². The molecule has 2 aliphatic carbocycles. The molecule has 0 atom stereocenters. The van der Waals surface area contributed by atoms with E-state index in [0.717, 1.165) is 68.1 Å². The van der Waals surface area contributed by atoms with E-state index < -0.39 is 5.54 Å². The quantitative estimate of drug-likeness (QED) is 0.273. The Hall–Kier alpha value is -3.51. The van der Waals surface area contributed by atoms with E-state index in [1.54, 1.807) is 6.07 Å². The predicted octanol–water partition coefficient (Wildman–Crippen LogP) is 6.25. The Labute approximate surface area is 230 Å². The summed E-state index contributed by atoms with van der Waals surface area (Å²) >= 11 is 0. The molecular weight excluding hydrogens is 489 g/mol. The number of amides is 2. The molecule has 0 aliphatic heterocycles. The molecule has 5 rings (SSSR count). The standard InChI is InChI=1S/C33H38FN3O2/c34-30-20-19-28(37-31(38)25-17-18-25)22-29(30)24-15-13-23(14-16-24)8-7-21-36-32(39)33(35,26-9-3-1-4-10-26)27-11-5-2-6-12-27/h1-6,9-12,19-20,22-25H,7-8,13-18,21,35H2,(H,36,39)(H,37,38). The highest BCUT2D eigenvalue weighted by Crippen LogP contribution is 2.39. The fourth-order valence-electron chi connectivity index (χ4n) is 5.85. The highest BCUT2D eigenvalue weighted by Gasteiger charge is 2.37. The van der Waals surface area contributed by atoms with Crippen LogP contribution >= 0.6 is 0 Å². The number of anilines is 1. The van der Waals surface area contributed by atoms with Crippen LogP contribution < -0.4 is 16.4 Å². The van der Waals surface area contributed by atoms with Gasteiger partial charge in [-0.25, -0.2) is 4.39 Å². The van der Waals surface area contributed by atoms with E-state index in [-0.39, 0.29) is 29.5 Å². The maximum atomic E-state index is 14.7. The van der Waals surface area contributed by atoms with E-state index in [4.69, 9.17) is 5.73 Å². The lowest BCUT2D eigenvalue weighted by molar-refractivity contribution is -0.125. The molecule has 0 radical (unpaired) electrons. The van der Waals surface area contributed by atoms with Gasteiger partial charge in [0.25, 0.3) is 0 Å². The van der Waals surface area contributed by atoms with Crippen LogP contribution in [0.25, 0.3) is 0 Å². The number of benzene rings is 3. The van der Waals surface area contributed by atoms with Crippen LogP contribution in [0.2, 0.25) is 0 Å². The second kappa shape index (κ2) is 12.1. The molecule has 2 aliphatic rings. The summed E-state index contributed by atoms with van der Waals surface area (Å²) in [4.78, 5) is 25.5. The minimum Gasteiger partial charge on any atom is -0.354 e. The van der Waals surface area contributed by atoms with Crippen LogP contribution in [-0.4, -0.2) is 18.4 Å². The van der Waals surface area contributed by atoms with Gasteiger partial charge in [-0.1, -0.05) is 60.7 Å².